The van der Waals surface area contributed by atoms with E-state index in [2.05, 4.69) is 467 Å². The Kier molecular flexibility index (Phi) is 21.5. The maximum absolute atomic E-state index is 6.86. The molecule has 0 atom stereocenters. The van der Waals surface area contributed by atoms with Crippen LogP contribution in [0.4, 0.5) is 0 Å². The molecule has 0 radical (unpaired) electrons. The Balaban J connectivity index is 0.0000000951. The van der Waals surface area contributed by atoms with Gasteiger partial charge in [-0.15, -0.1) is 22.7 Å². The number of rotatable bonds is 9. The van der Waals surface area contributed by atoms with E-state index in [0.29, 0.717) is 0 Å². The van der Waals surface area contributed by atoms with Crippen LogP contribution in [-0.4, -0.2) is 18.3 Å². The second kappa shape index (κ2) is 36.2. The maximum Gasteiger partial charge on any atom is 0.143 e. The predicted octanol–water partition coefficient (Wildman–Crippen LogP) is 42.1. The fourth-order valence-electron chi connectivity index (χ4n) is 23.3. The molecule has 0 fully saturated rings. The zero-order valence-corrected chi connectivity index (χ0v) is 84.9. The highest BCUT2D eigenvalue weighted by Crippen LogP contribution is 2.51. The van der Waals surface area contributed by atoms with Gasteiger partial charge in [0.25, 0.3) is 0 Å². The molecule has 706 valence electrons. The molecule has 32 aromatic rings. The highest BCUT2D eigenvalue weighted by molar-refractivity contribution is 7.26. The van der Waals surface area contributed by atoms with Gasteiger partial charge in [0.05, 0.1) is 44.1 Å². The zero-order chi connectivity index (χ0) is 99.5. The Bertz CT molecular complexity index is 11100. The Labute approximate surface area is 888 Å². The Morgan fingerprint density at radius 2 is 0.520 bits per heavy atom. The Morgan fingerprint density at radius 3 is 1.14 bits per heavy atom. The van der Waals surface area contributed by atoms with E-state index in [4.69, 9.17) is 55.2 Å². The topological polar surface area (TPSA) is 46.0 Å². The fourth-order valence-corrected chi connectivity index (χ4v) is 26.2. The van der Waals surface area contributed by atoms with Crippen LogP contribution in [0, 0.1) is 0 Å². The summed E-state index contributed by atoms with van der Waals surface area (Å²) in [5.41, 5.74) is 29.4. The van der Waals surface area contributed by atoms with Crippen LogP contribution >= 0.6 is 69.1 Å². The highest BCUT2D eigenvalue weighted by Gasteiger charge is 2.26. The highest BCUT2D eigenvalue weighted by atomic mass is 35.5. The van der Waals surface area contributed by atoms with E-state index in [0.717, 1.165) is 136 Å². The molecule has 150 heavy (non-hydrogen) atoms. The minimum atomic E-state index is 0.726. The third kappa shape index (κ3) is 14.9. The number of hydrogen-bond acceptors (Lipinski definition) is 4. The summed E-state index contributed by atoms with van der Waals surface area (Å²) in [6, 6.07) is 176. The van der Waals surface area contributed by atoms with E-state index < -0.39 is 0 Å². The quantitative estimate of drug-likeness (QED) is 0.135. The number of fused-ring (bicyclic) bond motifs is 31. The number of thiophene rings is 2. The Morgan fingerprint density at radius 1 is 0.153 bits per heavy atom. The van der Waals surface area contributed by atoms with Gasteiger partial charge >= 0.3 is 0 Å². The molecule has 0 aliphatic heterocycles. The minimum Gasteiger partial charge on any atom is -0.456 e. The van der Waals surface area contributed by atoms with Crippen LogP contribution in [0.1, 0.15) is 0 Å². The number of para-hydroxylation sites is 6. The SMILES string of the molecule is Clc1ccc(-c2ccc3c(c2)oc2cccc(-c4cc5c(oc6c7ccccc7c7ccccc7c56)c5ccccc45)c23)cc1.Clc1ccc2c(c1)c1cc(-c3ccc4c5ccccc5n(-c5ccccc5)c4c3)ccc1n2-c1ccccc1.Clc1ccc2c3cc(-c4ccc5c6ccccc6n(-c6ccccc6)c5c4)ccc3n(-c3ccccc3)c2c1.Clc1ccc2sc3cccc(-c4ccc5sc6ccccc6c5c4)c3c2c1. The average Bonchev–Trinajstić information content (AvgIpc) is 1.54. The summed E-state index contributed by atoms with van der Waals surface area (Å²) in [6.45, 7) is 0. The van der Waals surface area contributed by atoms with Crippen molar-refractivity contribution < 1.29 is 8.83 Å². The molecule has 0 saturated carbocycles. The first-order valence-corrected chi connectivity index (χ1v) is 53.4. The van der Waals surface area contributed by atoms with Gasteiger partial charge in [-0.2, -0.15) is 0 Å². The molecule has 0 amide bonds. The lowest BCUT2D eigenvalue weighted by atomic mass is 9.91. The van der Waals surface area contributed by atoms with Crippen LogP contribution in [-0.2, 0) is 0 Å². The molecule has 6 nitrogen and oxygen atoms in total. The first-order valence-electron chi connectivity index (χ1n) is 50.2. The van der Waals surface area contributed by atoms with E-state index >= 15 is 0 Å². The van der Waals surface area contributed by atoms with Gasteiger partial charge in [0.1, 0.15) is 22.3 Å². The van der Waals surface area contributed by atoms with Crippen LogP contribution in [0.2, 0.25) is 20.1 Å². The van der Waals surface area contributed by atoms with E-state index in [1.54, 1.807) is 0 Å². The summed E-state index contributed by atoms with van der Waals surface area (Å²) in [6.07, 6.45) is 0. The van der Waals surface area contributed by atoms with Crippen LogP contribution in [0.15, 0.2) is 506 Å². The van der Waals surface area contributed by atoms with Gasteiger partial charge in [-0.05, 0) is 283 Å². The van der Waals surface area contributed by atoms with Crippen molar-refractivity contribution >= 4 is 273 Å². The van der Waals surface area contributed by atoms with E-state index in [9.17, 15) is 0 Å². The van der Waals surface area contributed by atoms with E-state index in [1.165, 1.54) is 166 Å². The van der Waals surface area contributed by atoms with Crippen LogP contribution in [0.3, 0.4) is 0 Å². The summed E-state index contributed by atoms with van der Waals surface area (Å²) in [7, 11) is 0. The van der Waals surface area contributed by atoms with Crippen molar-refractivity contribution in [3.63, 3.8) is 0 Å². The van der Waals surface area contributed by atoms with Gasteiger partial charge < -0.3 is 27.1 Å². The lowest BCUT2D eigenvalue weighted by molar-refractivity contribution is 0.669. The maximum atomic E-state index is 6.86. The van der Waals surface area contributed by atoms with E-state index in [1.807, 2.05) is 71.2 Å². The van der Waals surface area contributed by atoms with Gasteiger partial charge in [0.2, 0.25) is 0 Å². The first kappa shape index (κ1) is 88.9. The summed E-state index contributed by atoms with van der Waals surface area (Å²) in [4.78, 5) is 0. The molecule has 0 N–H and O–H groups in total. The normalized spacial score (nSPS) is 11.9. The van der Waals surface area contributed by atoms with Crippen LogP contribution in [0.25, 0.3) is 282 Å². The number of nitrogens with zero attached hydrogens (tertiary/aromatic N) is 4. The lowest BCUT2D eigenvalue weighted by Crippen LogP contribution is -1.93. The molecule has 24 aromatic carbocycles. The van der Waals surface area contributed by atoms with Crippen molar-refractivity contribution in [2.75, 3.05) is 0 Å². The first-order chi connectivity index (χ1) is 74.0. The molecule has 8 heterocycles. The molecule has 0 bridgehead atoms. The van der Waals surface area contributed by atoms with Gasteiger partial charge in [0, 0.05) is 159 Å². The summed E-state index contributed by atoms with van der Waals surface area (Å²) < 4.78 is 28.0. The Hall–Kier alpha value is -17.5. The molecule has 12 heteroatoms. The molecule has 0 aliphatic rings. The summed E-state index contributed by atoms with van der Waals surface area (Å²) in [5, 5.41) is 29.5. The van der Waals surface area contributed by atoms with Crippen molar-refractivity contribution in [1.82, 2.24) is 18.3 Å². The van der Waals surface area contributed by atoms with Gasteiger partial charge in [-0.3, -0.25) is 0 Å². The van der Waals surface area contributed by atoms with Crippen LogP contribution < -0.4 is 0 Å². The molecule has 0 spiro atoms. The standard InChI is InChI=1S/C42H23ClO2.2C36H23ClN2.C24H13ClS2/c43-26-19-16-24(17-20-26)25-18-21-34-38(22-25)44-37-15-7-14-31(39(34)37)35-23-36-40-30-11-4-1-8-27(30)28-9-2-6-13-33(28)42(40)45-41(36)32-12-5-3-10-29(32)35;37-26-17-19-31-32-21-24(16-20-34(32)39(36(31)23-26)28-11-5-2-6-12-28)25-15-18-30-29-13-7-8-14-33(29)38(35(30)22-25)27-9-3-1-4-10-27;37-26-17-20-35-32(23-26)31-21-24(16-19-34(31)38(35)27-9-3-1-4-10-27)25-15-18-30-29-13-7-8-14-33(29)39(36(30)22-25)28-11-5-2-6-12-28;25-15-9-11-22-19(13-15)24-16(5-3-7-23(24)27-22)14-8-10-21-18(12-14)17-4-1-2-6-20(17)26-21/h1-23H;2*1-23H;1-13H. The van der Waals surface area contributed by atoms with Gasteiger partial charge in [-0.1, -0.05) is 338 Å². The van der Waals surface area contributed by atoms with Gasteiger partial charge in [-0.25, -0.2) is 0 Å². The number of aromatic nitrogens is 4. The number of halogens is 4. The molecular formula is C138H82Cl4N4O2S2. The zero-order valence-electron chi connectivity index (χ0n) is 80.3. The smallest absolute Gasteiger partial charge is 0.143 e. The fraction of sp³-hybridized carbons (Fsp3) is 0. The second-order valence-electron chi connectivity index (χ2n) is 38.4. The van der Waals surface area contributed by atoms with E-state index in [-0.39, 0.29) is 0 Å². The summed E-state index contributed by atoms with van der Waals surface area (Å²) >= 11 is 29.1. The number of furan rings is 2. The van der Waals surface area contributed by atoms with Gasteiger partial charge in [0.15, 0.2) is 0 Å². The molecule has 32 rings (SSSR count). The minimum absolute atomic E-state index is 0.726. The van der Waals surface area contributed by atoms with Crippen molar-refractivity contribution in [3.05, 3.63) is 518 Å². The molecule has 8 aromatic heterocycles. The van der Waals surface area contributed by atoms with Crippen molar-refractivity contribution in [3.8, 4) is 78.4 Å². The van der Waals surface area contributed by atoms with Crippen molar-refractivity contribution in [1.29, 1.82) is 0 Å². The summed E-state index contributed by atoms with van der Waals surface area (Å²) in [5.74, 6) is 0. The monoisotopic (exact) mass is 2030 g/mol. The molecule has 0 unspecified atom stereocenters. The van der Waals surface area contributed by atoms with Crippen molar-refractivity contribution in [2.45, 2.75) is 0 Å². The largest absolute Gasteiger partial charge is 0.456 e. The number of hydrogen-bond donors (Lipinski definition) is 0. The molecular weight excluding hydrogens is 1950 g/mol. The average molecular weight is 2030 g/mol. The molecule has 0 saturated heterocycles. The third-order valence-corrected chi connectivity index (χ3v) is 33.2. The van der Waals surface area contributed by atoms with Crippen LogP contribution in [0.5, 0.6) is 0 Å². The predicted molar refractivity (Wildman–Crippen MR) is 643 cm³/mol. The lowest BCUT2D eigenvalue weighted by Gasteiger charge is -2.10. The molecule has 0 aliphatic carbocycles. The third-order valence-electron chi connectivity index (χ3n) is 30.0. The second-order valence-corrected chi connectivity index (χ2v) is 42.4. The van der Waals surface area contributed by atoms with Crippen molar-refractivity contribution in [2.24, 2.45) is 0 Å². The number of benzene rings is 24.